The molecule has 2 saturated carbocycles. The SMILES string of the molecule is CC1(C)C(NCCn2cnnc2C2CC2)CC1c1ccccc1. The molecule has 0 amide bonds. The second-order valence-electron chi connectivity index (χ2n) is 7.68. The zero-order valence-electron chi connectivity index (χ0n) is 14.1. The highest BCUT2D eigenvalue weighted by molar-refractivity contribution is 5.27. The van der Waals surface area contributed by atoms with Crippen LogP contribution in [0, 0.1) is 5.41 Å². The van der Waals surface area contributed by atoms with Gasteiger partial charge in [0.1, 0.15) is 12.2 Å². The van der Waals surface area contributed by atoms with Crippen LogP contribution in [-0.4, -0.2) is 27.4 Å². The quantitative estimate of drug-likeness (QED) is 0.890. The van der Waals surface area contributed by atoms with Gasteiger partial charge in [-0.1, -0.05) is 44.2 Å². The van der Waals surface area contributed by atoms with Crippen molar-refractivity contribution in [2.24, 2.45) is 5.41 Å². The summed E-state index contributed by atoms with van der Waals surface area (Å²) >= 11 is 0. The van der Waals surface area contributed by atoms with E-state index < -0.39 is 0 Å². The van der Waals surface area contributed by atoms with E-state index >= 15 is 0 Å². The minimum atomic E-state index is 0.313. The zero-order valence-corrected chi connectivity index (χ0v) is 14.1. The van der Waals surface area contributed by atoms with E-state index in [9.17, 15) is 0 Å². The lowest BCUT2D eigenvalue weighted by atomic mass is 9.56. The lowest BCUT2D eigenvalue weighted by molar-refractivity contribution is 0.0686. The van der Waals surface area contributed by atoms with Gasteiger partial charge < -0.3 is 9.88 Å². The van der Waals surface area contributed by atoms with E-state index in [0.717, 1.165) is 13.1 Å². The molecule has 2 unspecified atom stereocenters. The third-order valence-corrected chi connectivity index (χ3v) is 5.80. The van der Waals surface area contributed by atoms with Crippen LogP contribution in [0.5, 0.6) is 0 Å². The monoisotopic (exact) mass is 310 g/mol. The van der Waals surface area contributed by atoms with E-state index in [1.807, 2.05) is 6.33 Å². The summed E-state index contributed by atoms with van der Waals surface area (Å²) in [6.07, 6.45) is 5.67. The van der Waals surface area contributed by atoms with Crippen molar-refractivity contribution in [2.45, 2.75) is 57.5 Å². The van der Waals surface area contributed by atoms with Gasteiger partial charge in [-0.05, 0) is 36.2 Å². The van der Waals surface area contributed by atoms with Crippen molar-refractivity contribution in [3.63, 3.8) is 0 Å². The summed E-state index contributed by atoms with van der Waals surface area (Å²) in [6, 6.07) is 11.5. The Bertz CT molecular complexity index is 657. The molecule has 23 heavy (non-hydrogen) atoms. The number of nitrogens with zero attached hydrogens (tertiary/aromatic N) is 3. The van der Waals surface area contributed by atoms with E-state index in [4.69, 9.17) is 0 Å². The summed E-state index contributed by atoms with van der Waals surface area (Å²) in [4.78, 5) is 0. The van der Waals surface area contributed by atoms with E-state index in [1.54, 1.807) is 0 Å². The molecule has 2 aliphatic carbocycles. The summed E-state index contributed by atoms with van der Waals surface area (Å²) < 4.78 is 2.23. The molecule has 2 fully saturated rings. The van der Waals surface area contributed by atoms with Crippen molar-refractivity contribution in [1.29, 1.82) is 0 Å². The molecule has 0 spiro atoms. The van der Waals surface area contributed by atoms with Crippen LogP contribution in [0.4, 0.5) is 0 Å². The summed E-state index contributed by atoms with van der Waals surface area (Å²) in [5, 5.41) is 12.1. The van der Waals surface area contributed by atoms with Gasteiger partial charge in [0.05, 0.1) is 0 Å². The van der Waals surface area contributed by atoms with Crippen LogP contribution in [-0.2, 0) is 6.54 Å². The Hall–Kier alpha value is -1.68. The van der Waals surface area contributed by atoms with Crippen LogP contribution in [0.2, 0.25) is 0 Å². The maximum atomic E-state index is 4.28. The van der Waals surface area contributed by atoms with Crippen molar-refractivity contribution in [3.8, 4) is 0 Å². The van der Waals surface area contributed by atoms with E-state index in [-0.39, 0.29) is 0 Å². The molecule has 1 heterocycles. The molecule has 4 heteroatoms. The average molecular weight is 310 g/mol. The Labute approximate surface area is 138 Å². The Kier molecular flexibility index (Phi) is 3.72. The van der Waals surface area contributed by atoms with Gasteiger partial charge in [-0.25, -0.2) is 0 Å². The predicted molar refractivity (Wildman–Crippen MR) is 91.4 cm³/mol. The molecule has 4 nitrogen and oxygen atoms in total. The second kappa shape index (κ2) is 5.75. The largest absolute Gasteiger partial charge is 0.316 e. The van der Waals surface area contributed by atoms with Gasteiger partial charge in [0.2, 0.25) is 0 Å². The number of hydrogen-bond donors (Lipinski definition) is 1. The van der Waals surface area contributed by atoms with E-state index in [2.05, 4.69) is 64.3 Å². The minimum Gasteiger partial charge on any atom is -0.316 e. The maximum Gasteiger partial charge on any atom is 0.135 e. The number of nitrogens with one attached hydrogen (secondary N) is 1. The zero-order chi connectivity index (χ0) is 15.9. The first-order valence-corrected chi connectivity index (χ1v) is 8.82. The summed E-state index contributed by atoms with van der Waals surface area (Å²) in [7, 11) is 0. The Morgan fingerprint density at radius 2 is 2.00 bits per heavy atom. The molecule has 0 saturated heterocycles. The topological polar surface area (TPSA) is 42.7 Å². The van der Waals surface area contributed by atoms with Gasteiger partial charge in [-0.2, -0.15) is 0 Å². The van der Waals surface area contributed by atoms with Crippen LogP contribution in [0.1, 0.15) is 56.3 Å². The Morgan fingerprint density at radius 3 is 2.70 bits per heavy atom. The fourth-order valence-corrected chi connectivity index (χ4v) is 3.98. The summed E-state index contributed by atoms with van der Waals surface area (Å²) in [5.74, 6) is 2.51. The van der Waals surface area contributed by atoms with Crippen molar-refractivity contribution in [2.75, 3.05) is 6.54 Å². The highest BCUT2D eigenvalue weighted by Gasteiger charge is 2.48. The van der Waals surface area contributed by atoms with Crippen molar-refractivity contribution in [3.05, 3.63) is 48.0 Å². The van der Waals surface area contributed by atoms with Crippen LogP contribution >= 0.6 is 0 Å². The molecule has 2 aromatic rings. The molecular weight excluding hydrogens is 284 g/mol. The molecule has 0 bridgehead atoms. The number of aromatic nitrogens is 3. The standard InChI is InChI=1S/C19H26N4/c1-19(2)16(14-6-4-3-5-7-14)12-17(19)20-10-11-23-13-21-22-18(23)15-8-9-15/h3-7,13,15-17,20H,8-12H2,1-2H3. The first kappa shape index (κ1) is 14.9. The molecule has 4 rings (SSSR count). The molecule has 1 aromatic heterocycles. The fraction of sp³-hybridized carbons (Fsp3) is 0.579. The summed E-state index contributed by atoms with van der Waals surface area (Å²) in [5.41, 5.74) is 1.79. The van der Waals surface area contributed by atoms with Crippen LogP contribution < -0.4 is 5.32 Å². The highest BCUT2D eigenvalue weighted by Crippen LogP contribution is 2.52. The first-order chi connectivity index (χ1) is 11.2. The number of hydrogen-bond acceptors (Lipinski definition) is 3. The molecule has 0 radical (unpaired) electrons. The molecule has 122 valence electrons. The molecule has 1 aromatic carbocycles. The van der Waals surface area contributed by atoms with Gasteiger partial charge >= 0.3 is 0 Å². The van der Waals surface area contributed by atoms with Gasteiger partial charge in [0.25, 0.3) is 0 Å². The molecule has 2 aliphatic rings. The summed E-state index contributed by atoms with van der Waals surface area (Å²) in [6.45, 7) is 6.75. The average Bonchev–Trinajstić information content (AvgIpc) is 3.30. The van der Waals surface area contributed by atoms with Gasteiger partial charge in [0, 0.05) is 25.0 Å². The van der Waals surface area contributed by atoms with Crippen LogP contribution in [0.15, 0.2) is 36.7 Å². The molecule has 2 atom stereocenters. The van der Waals surface area contributed by atoms with Crippen molar-refractivity contribution >= 4 is 0 Å². The minimum absolute atomic E-state index is 0.313. The second-order valence-corrected chi connectivity index (χ2v) is 7.68. The third-order valence-electron chi connectivity index (χ3n) is 5.80. The fourth-order valence-electron chi connectivity index (χ4n) is 3.98. The van der Waals surface area contributed by atoms with E-state index in [0.29, 0.717) is 23.3 Å². The lowest BCUT2D eigenvalue weighted by Gasteiger charge is -2.53. The van der Waals surface area contributed by atoms with Gasteiger partial charge in [-0.15, -0.1) is 10.2 Å². The lowest BCUT2D eigenvalue weighted by Crippen LogP contribution is -2.55. The van der Waals surface area contributed by atoms with E-state index in [1.165, 1.54) is 30.7 Å². The van der Waals surface area contributed by atoms with Crippen molar-refractivity contribution < 1.29 is 0 Å². The number of benzene rings is 1. The Morgan fingerprint density at radius 1 is 1.22 bits per heavy atom. The predicted octanol–water partition coefficient (Wildman–Crippen LogP) is 3.33. The Balaban J connectivity index is 1.31. The molecular formula is C19H26N4. The van der Waals surface area contributed by atoms with Gasteiger partial charge in [-0.3, -0.25) is 0 Å². The smallest absolute Gasteiger partial charge is 0.135 e. The van der Waals surface area contributed by atoms with Gasteiger partial charge in [0.15, 0.2) is 0 Å². The maximum absolute atomic E-state index is 4.28. The molecule has 1 N–H and O–H groups in total. The normalized spacial score (nSPS) is 26.0. The third kappa shape index (κ3) is 2.80. The number of rotatable bonds is 6. The van der Waals surface area contributed by atoms with Crippen LogP contribution in [0.25, 0.3) is 0 Å². The molecule has 0 aliphatic heterocycles. The van der Waals surface area contributed by atoms with Crippen molar-refractivity contribution in [1.82, 2.24) is 20.1 Å². The first-order valence-electron chi connectivity index (χ1n) is 8.82. The van der Waals surface area contributed by atoms with Crippen LogP contribution in [0.3, 0.4) is 0 Å². The highest BCUT2D eigenvalue weighted by atomic mass is 15.3.